The second kappa shape index (κ2) is 24.3. The molecule has 0 aliphatic rings. The van der Waals surface area contributed by atoms with Crippen LogP contribution in [0.1, 0.15) is 65.7 Å². The molecule has 0 aliphatic heterocycles. The number of benzene rings is 5. The summed E-state index contributed by atoms with van der Waals surface area (Å²) in [6, 6.07) is 38.4. The molecule has 0 heterocycles. The van der Waals surface area contributed by atoms with E-state index in [0.717, 1.165) is 22.3 Å². The molecule has 13 nitrogen and oxygen atoms in total. The van der Waals surface area contributed by atoms with Crippen molar-refractivity contribution in [1.82, 2.24) is 16.0 Å². The molecule has 13 heteroatoms. The van der Waals surface area contributed by atoms with E-state index in [2.05, 4.69) is 16.0 Å². The minimum Gasteiger partial charge on any atom is -0.485 e. The number of unbranched alkanes of at least 4 members (excludes halogenated alkanes) is 1. The Labute approximate surface area is 356 Å². The van der Waals surface area contributed by atoms with Gasteiger partial charge in [-0.1, -0.05) is 121 Å². The second-order valence-electron chi connectivity index (χ2n) is 14.1. The molecule has 0 bridgehead atoms. The van der Waals surface area contributed by atoms with E-state index in [-0.39, 0.29) is 68.8 Å². The Kier molecular flexibility index (Phi) is 18.0. The summed E-state index contributed by atoms with van der Waals surface area (Å²) in [5, 5.41) is 18.5. The van der Waals surface area contributed by atoms with Gasteiger partial charge in [0.1, 0.15) is 32.5 Å². The van der Waals surface area contributed by atoms with Crippen molar-refractivity contribution in [3.8, 4) is 17.2 Å². The molecule has 5 rings (SSSR count). The van der Waals surface area contributed by atoms with E-state index in [9.17, 15) is 24.3 Å². The number of aliphatic hydroxyl groups is 1. The molecule has 4 N–H and O–H groups in total. The Morgan fingerprint density at radius 3 is 1.56 bits per heavy atom. The third-order valence-electron chi connectivity index (χ3n) is 9.33. The summed E-state index contributed by atoms with van der Waals surface area (Å²) < 4.78 is 29.4. The molecule has 3 atom stereocenters. The van der Waals surface area contributed by atoms with E-state index in [1.165, 1.54) is 19.1 Å². The summed E-state index contributed by atoms with van der Waals surface area (Å²) in [6.45, 7) is 3.84. The third kappa shape index (κ3) is 15.0. The lowest BCUT2D eigenvalue weighted by Crippen LogP contribution is -2.55. The number of rotatable bonds is 23. The zero-order valence-corrected chi connectivity index (χ0v) is 34.4. The summed E-state index contributed by atoms with van der Waals surface area (Å²) >= 11 is 0. The molecule has 0 radical (unpaired) electrons. The fraction of sp³-hybridized carbons (Fsp3) is 0.292. The Balaban J connectivity index is 1.38. The monoisotopic (exact) mass is 831 g/mol. The maximum atomic E-state index is 14.3. The smallest absolute Gasteiger partial charge is 0.407 e. The Hall–Kier alpha value is -6.86. The van der Waals surface area contributed by atoms with Crippen LogP contribution in [0.25, 0.3) is 0 Å². The first-order valence-corrected chi connectivity index (χ1v) is 20.3. The molecule has 5 aromatic rings. The van der Waals surface area contributed by atoms with E-state index in [4.69, 9.17) is 23.7 Å². The van der Waals surface area contributed by atoms with Gasteiger partial charge in [0.05, 0.1) is 12.7 Å². The van der Waals surface area contributed by atoms with Gasteiger partial charge in [0.25, 0.3) is 5.91 Å². The number of carbonyl (C=O) groups excluding carboxylic acids is 4. The zero-order valence-electron chi connectivity index (χ0n) is 34.4. The van der Waals surface area contributed by atoms with Gasteiger partial charge in [0.15, 0.2) is 17.5 Å². The molecule has 320 valence electrons. The van der Waals surface area contributed by atoms with Gasteiger partial charge in [0, 0.05) is 12.1 Å². The summed E-state index contributed by atoms with van der Waals surface area (Å²) in [4.78, 5) is 53.1. The number of alkyl carbamates (subject to hydrolysis) is 1. The van der Waals surface area contributed by atoms with Gasteiger partial charge in [-0.2, -0.15) is 0 Å². The summed E-state index contributed by atoms with van der Waals surface area (Å²) in [6.07, 6.45) is -0.963. The van der Waals surface area contributed by atoms with Crippen LogP contribution in [0.15, 0.2) is 133 Å². The second-order valence-corrected chi connectivity index (χ2v) is 14.1. The van der Waals surface area contributed by atoms with Crippen LogP contribution < -0.4 is 30.2 Å². The van der Waals surface area contributed by atoms with Crippen LogP contribution in [0.2, 0.25) is 0 Å². The van der Waals surface area contributed by atoms with Crippen LogP contribution in [0.5, 0.6) is 17.2 Å². The number of hydrogen-bond acceptors (Lipinski definition) is 10. The van der Waals surface area contributed by atoms with Crippen molar-refractivity contribution in [1.29, 1.82) is 0 Å². The molecular formula is C48H53N3O10. The highest BCUT2D eigenvalue weighted by molar-refractivity contribution is 5.99. The predicted octanol–water partition coefficient (Wildman–Crippen LogP) is 7.05. The number of esters is 1. The third-order valence-corrected chi connectivity index (χ3v) is 9.33. The molecule has 61 heavy (non-hydrogen) atoms. The fourth-order valence-electron chi connectivity index (χ4n) is 6.08. The number of amides is 3. The molecule has 0 unspecified atom stereocenters. The van der Waals surface area contributed by atoms with Crippen LogP contribution in [0, 0.1) is 0 Å². The molecule has 0 aromatic heterocycles. The quantitative estimate of drug-likeness (QED) is 0.0395. The van der Waals surface area contributed by atoms with Crippen LogP contribution in [0.3, 0.4) is 0 Å². The highest BCUT2D eigenvalue weighted by Crippen LogP contribution is 2.40. The minimum absolute atomic E-state index is 0.0350. The van der Waals surface area contributed by atoms with Crippen molar-refractivity contribution >= 4 is 23.9 Å². The van der Waals surface area contributed by atoms with Crippen molar-refractivity contribution < 1.29 is 48.0 Å². The highest BCUT2D eigenvalue weighted by atomic mass is 16.6. The van der Waals surface area contributed by atoms with Crippen LogP contribution in [-0.4, -0.2) is 60.3 Å². The largest absolute Gasteiger partial charge is 0.485 e. The molecule has 0 saturated carbocycles. The van der Waals surface area contributed by atoms with Crippen molar-refractivity contribution in [3.05, 3.63) is 161 Å². The number of nitrogens with one attached hydrogen (secondary N) is 3. The summed E-state index contributed by atoms with van der Waals surface area (Å²) in [7, 11) is 0. The van der Waals surface area contributed by atoms with Crippen molar-refractivity contribution in [2.24, 2.45) is 0 Å². The fourth-order valence-corrected chi connectivity index (χ4v) is 6.08. The Bertz CT molecular complexity index is 2060. The molecule has 3 amide bonds. The Morgan fingerprint density at radius 2 is 1.08 bits per heavy atom. The lowest BCUT2D eigenvalue weighted by atomic mass is 10.1. The number of hydrogen-bond donors (Lipinski definition) is 4. The molecule has 0 spiro atoms. The first kappa shape index (κ1) is 45.2. The molecule has 0 saturated heterocycles. The van der Waals surface area contributed by atoms with Crippen LogP contribution >= 0.6 is 0 Å². The van der Waals surface area contributed by atoms with Gasteiger partial charge < -0.3 is 44.7 Å². The van der Waals surface area contributed by atoms with Crippen molar-refractivity contribution in [3.63, 3.8) is 0 Å². The molecule has 0 aliphatic carbocycles. The lowest BCUT2D eigenvalue weighted by molar-refractivity contribution is -0.150. The van der Waals surface area contributed by atoms with E-state index in [1.807, 2.05) is 121 Å². The van der Waals surface area contributed by atoms with Crippen molar-refractivity contribution in [2.45, 2.75) is 77.7 Å². The SMILES string of the molecule is CCOC(=O)[C@H](NC(=O)[C@H](CCCCNC(=O)OCc1ccccc1)NC(=O)c1cc(OCc2ccccc2)c(OCc2ccccc2)c(OCc2ccccc2)c1)[C@@H](C)O. The van der Waals surface area contributed by atoms with Gasteiger partial charge in [0.2, 0.25) is 11.7 Å². The first-order valence-electron chi connectivity index (χ1n) is 20.3. The average Bonchev–Trinajstić information content (AvgIpc) is 3.28. The van der Waals surface area contributed by atoms with Gasteiger partial charge in [-0.3, -0.25) is 9.59 Å². The topological polar surface area (TPSA) is 171 Å². The Morgan fingerprint density at radius 1 is 0.607 bits per heavy atom. The lowest BCUT2D eigenvalue weighted by Gasteiger charge is -2.24. The maximum absolute atomic E-state index is 14.3. The maximum Gasteiger partial charge on any atom is 0.407 e. The summed E-state index contributed by atoms with van der Waals surface area (Å²) in [5.41, 5.74) is 3.61. The number of carbonyl (C=O) groups is 4. The van der Waals surface area contributed by atoms with E-state index < -0.39 is 42.1 Å². The molecule has 0 fully saturated rings. The van der Waals surface area contributed by atoms with Crippen LogP contribution in [0.4, 0.5) is 4.79 Å². The molecular weight excluding hydrogens is 779 g/mol. The van der Waals surface area contributed by atoms with E-state index in [1.54, 1.807) is 6.92 Å². The van der Waals surface area contributed by atoms with Crippen LogP contribution in [-0.2, 0) is 45.5 Å². The first-order chi connectivity index (χ1) is 29.7. The minimum atomic E-state index is -1.38. The van der Waals surface area contributed by atoms with Crippen molar-refractivity contribution in [2.75, 3.05) is 13.2 Å². The predicted molar refractivity (Wildman–Crippen MR) is 229 cm³/mol. The highest BCUT2D eigenvalue weighted by Gasteiger charge is 2.31. The van der Waals surface area contributed by atoms with Gasteiger partial charge in [-0.15, -0.1) is 0 Å². The van der Waals surface area contributed by atoms with Gasteiger partial charge in [-0.05, 0) is 67.5 Å². The number of ether oxygens (including phenoxy) is 5. The van der Waals surface area contributed by atoms with Gasteiger partial charge in [-0.25, -0.2) is 9.59 Å². The standard InChI is InChI=1S/C48H53N3O10/c1-3-57-47(55)43(34(2)52)51-46(54)40(26-16-17-27-49-48(56)61-33-38-24-14-7-15-25-38)50-45(53)39-28-41(58-30-35-18-8-4-9-19-35)44(60-32-37-22-12-6-13-23-37)42(29-39)59-31-36-20-10-5-11-21-36/h4-15,18-25,28-29,34,40,43,52H,3,16-17,26-27,30-33H2,1-2H3,(H,49,56)(H,50,53)(H,51,54)/t34-,40+,43-/m1/s1. The van der Waals surface area contributed by atoms with E-state index in [0.29, 0.717) is 12.8 Å². The molecule has 5 aromatic carbocycles. The van der Waals surface area contributed by atoms with Gasteiger partial charge >= 0.3 is 12.1 Å². The normalized spacial score (nSPS) is 12.2. The summed E-state index contributed by atoms with van der Waals surface area (Å²) in [5.74, 6) is -1.43. The van der Waals surface area contributed by atoms with E-state index >= 15 is 0 Å². The zero-order chi connectivity index (χ0) is 43.2. The number of aliphatic hydroxyl groups excluding tert-OH is 1. The average molecular weight is 832 g/mol.